The van der Waals surface area contributed by atoms with Gasteiger partial charge < -0.3 is 0 Å². The lowest BCUT2D eigenvalue weighted by molar-refractivity contribution is 1.18. The molecule has 2 heterocycles. The van der Waals surface area contributed by atoms with Gasteiger partial charge in [-0.25, -0.2) is 15.0 Å². The normalized spacial score (nSPS) is 11.1. The lowest BCUT2D eigenvalue weighted by Gasteiger charge is -2.13. The minimum absolute atomic E-state index is 0.693. The number of hydrogen-bond donors (Lipinski definition) is 0. The Kier molecular flexibility index (Phi) is 7.02. The second-order valence-corrected chi connectivity index (χ2v) is 11.9. The monoisotopic (exact) mass is 593 g/mol. The van der Waals surface area contributed by atoms with Gasteiger partial charge in [-0.3, -0.25) is 0 Å². The Morgan fingerprint density at radius 3 is 1.51 bits per heavy atom. The lowest BCUT2D eigenvalue weighted by Crippen LogP contribution is -1.97. The predicted octanol–water partition coefficient (Wildman–Crippen LogP) is 11.1. The Labute approximate surface area is 266 Å². The number of hydrogen-bond acceptors (Lipinski definition) is 4. The van der Waals surface area contributed by atoms with Crippen LogP contribution in [0.1, 0.15) is 0 Å². The molecule has 0 bridgehead atoms. The van der Waals surface area contributed by atoms with Crippen molar-refractivity contribution in [3.63, 3.8) is 0 Å². The van der Waals surface area contributed by atoms with Crippen LogP contribution < -0.4 is 0 Å². The Hall–Kier alpha value is -5.71. The average molecular weight is 594 g/mol. The quantitative estimate of drug-likeness (QED) is 0.192. The Bertz CT molecular complexity index is 2240. The summed E-state index contributed by atoms with van der Waals surface area (Å²) in [5.74, 6) is 0.693. The third-order valence-electron chi connectivity index (χ3n) is 7.98. The second kappa shape index (κ2) is 11.8. The fourth-order valence-electron chi connectivity index (χ4n) is 5.71. The first-order valence-electron chi connectivity index (χ1n) is 15.0. The zero-order valence-corrected chi connectivity index (χ0v) is 25.2. The van der Waals surface area contributed by atoms with E-state index < -0.39 is 0 Å². The van der Waals surface area contributed by atoms with Crippen molar-refractivity contribution < 1.29 is 0 Å². The highest BCUT2D eigenvalue weighted by Gasteiger charge is 2.17. The van der Waals surface area contributed by atoms with Gasteiger partial charge in [-0.05, 0) is 28.8 Å². The second-order valence-electron chi connectivity index (χ2n) is 10.9. The summed E-state index contributed by atoms with van der Waals surface area (Å²) in [6, 6.07) is 56.7. The van der Waals surface area contributed by atoms with Crippen LogP contribution >= 0.6 is 11.3 Å². The summed E-state index contributed by atoms with van der Waals surface area (Å²) < 4.78 is 1.15. The van der Waals surface area contributed by atoms with Gasteiger partial charge in [0, 0.05) is 27.8 Å². The van der Waals surface area contributed by atoms with Crippen LogP contribution in [0.3, 0.4) is 0 Å². The van der Waals surface area contributed by atoms with Gasteiger partial charge in [0.1, 0.15) is 5.01 Å². The zero-order valence-electron chi connectivity index (χ0n) is 24.3. The molecule has 0 aliphatic carbocycles. The Morgan fingerprint density at radius 2 is 0.844 bits per heavy atom. The lowest BCUT2D eigenvalue weighted by atomic mass is 9.98. The summed E-state index contributed by atoms with van der Waals surface area (Å²) in [5.41, 5.74) is 11.6. The molecule has 0 unspecified atom stereocenters. The van der Waals surface area contributed by atoms with E-state index >= 15 is 0 Å². The topological polar surface area (TPSA) is 38.7 Å². The number of aromatic nitrogens is 3. The molecule has 3 nitrogen and oxygen atoms in total. The van der Waals surface area contributed by atoms with Crippen molar-refractivity contribution in [3.8, 4) is 66.7 Å². The summed E-state index contributed by atoms with van der Waals surface area (Å²) in [6.07, 6.45) is 0. The maximum Gasteiger partial charge on any atom is 0.161 e. The van der Waals surface area contributed by atoms with Gasteiger partial charge in [-0.2, -0.15) is 0 Å². The molecule has 212 valence electrons. The molecule has 0 fully saturated rings. The van der Waals surface area contributed by atoms with Crippen molar-refractivity contribution in [1.29, 1.82) is 0 Å². The van der Waals surface area contributed by atoms with Gasteiger partial charge in [0.05, 0.1) is 21.6 Å². The first kappa shape index (κ1) is 26.9. The van der Waals surface area contributed by atoms with E-state index in [9.17, 15) is 0 Å². The number of nitrogens with zero attached hydrogens (tertiary/aromatic N) is 3. The highest BCUT2D eigenvalue weighted by atomic mass is 32.1. The van der Waals surface area contributed by atoms with Crippen LogP contribution in [0.4, 0.5) is 0 Å². The third-order valence-corrected chi connectivity index (χ3v) is 9.13. The van der Waals surface area contributed by atoms with Crippen molar-refractivity contribution >= 4 is 21.6 Å². The molecule has 0 saturated carbocycles. The number of rotatable bonds is 6. The van der Waals surface area contributed by atoms with E-state index in [-0.39, 0.29) is 0 Å². The van der Waals surface area contributed by atoms with Crippen molar-refractivity contribution in [2.75, 3.05) is 0 Å². The van der Waals surface area contributed by atoms with Gasteiger partial charge in [-0.15, -0.1) is 11.3 Å². The number of benzene rings is 6. The molecular weight excluding hydrogens is 567 g/mol. The molecule has 0 amide bonds. The van der Waals surface area contributed by atoms with Crippen LogP contribution in [0.15, 0.2) is 164 Å². The standard InChI is InChI=1S/C41H27N3S/c1-4-13-28(14-5-1)29-23-25-31(26-24-29)38-27-37(30-15-6-2-7-16-30)42-40(43-38)35-20-11-10-19-33(35)34-21-12-22-36-39(34)45-41(44-36)32-17-8-3-9-18-32/h1-27H. The van der Waals surface area contributed by atoms with Crippen LogP contribution in [0.5, 0.6) is 0 Å². The van der Waals surface area contributed by atoms with E-state index in [4.69, 9.17) is 15.0 Å². The molecular formula is C41H27N3S. The van der Waals surface area contributed by atoms with E-state index in [1.807, 2.05) is 30.3 Å². The van der Waals surface area contributed by atoms with Crippen molar-refractivity contribution in [2.24, 2.45) is 0 Å². The molecule has 0 saturated heterocycles. The molecule has 2 aromatic heterocycles. The molecule has 4 heteroatoms. The Balaban J connectivity index is 1.28. The molecule has 6 aromatic carbocycles. The number of thiazole rings is 1. The molecule has 8 rings (SSSR count). The molecule has 45 heavy (non-hydrogen) atoms. The highest BCUT2D eigenvalue weighted by Crippen LogP contribution is 2.40. The molecule has 0 aliphatic heterocycles. The van der Waals surface area contributed by atoms with Gasteiger partial charge in [0.15, 0.2) is 5.82 Å². The van der Waals surface area contributed by atoms with Crippen molar-refractivity contribution in [3.05, 3.63) is 164 Å². The van der Waals surface area contributed by atoms with Gasteiger partial charge in [0.25, 0.3) is 0 Å². The summed E-state index contributed by atoms with van der Waals surface area (Å²) in [7, 11) is 0. The first-order chi connectivity index (χ1) is 22.3. The maximum absolute atomic E-state index is 5.20. The smallest absolute Gasteiger partial charge is 0.161 e. The summed E-state index contributed by atoms with van der Waals surface area (Å²) >= 11 is 1.72. The SMILES string of the molecule is c1ccc(-c2ccc(-c3cc(-c4ccccc4)nc(-c4ccccc4-c4cccc5nc(-c6ccccc6)sc45)n3)cc2)cc1. The zero-order chi connectivity index (χ0) is 30.0. The predicted molar refractivity (Wildman–Crippen MR) is 188 cm³/mol. The largest absolute Gasteiger partial charge is 0.236 e. The molecule has 0 spiro atoms. The van der Waals surface area contributed by atoms with Crippen LogP contribution in [0.2, 0.25) is 0 Å². The first-order valence-corrected chi connectivity index (χ1v) is 15.8. The van der Waals surface area contributed by atoms with Gasteiger partial charge in [-0.1, -0.05) is 152 Å². The molecule has 0 N–H and O–H groups in total. The van der Waals surface area contributed by atoms with Crippen LogP contribution in [-0.2, 0) is 0 Å². The maximum atomic E-state index is 5.20. The minimum atomic E-state index is 0.693. The fraction of sp³-hybridized carbons (Fsp3) is 0. The van der Waals surface area contributed by atoms with Gasteiger partial charge >= 0.3 is 0 Å². The molecule has 0 aliphatic rings. The van der Waals surface area contributed by atoms with Crippen LogP contribution in [0.25, 0.3) is 76.9 Å². The fourth-order valence-corrected chi connectivity index (χ4v) is 6.81. The number of fused-ring (bicyclic) bond motifs is 1. The van der Waals surface area contributed by atoms with E-state index in [1.54, 1.807) is 11.3 Å². The molecule has 0 atom stereocenters. The van der Waals surface area contributed by atoms with E-state index in [2.05, 4.69) is 133 Å². The van der Waals surface area contributed by atoms with Crippen molar-refractivity contribution in [2.45, 2.75) is 0 Å². The molecule has 8 aromatic rings. The highest BCUT2D eigenvalue weighted by molar-refractivity contribution is 7.22. The van der Waals surface area contributed by atoms with Crippen LogP contribution in [-0.4, -0.2) is 15.0 Å². The third kappa shape index (κ3) is 5.33. The average Bonchev–Trinajstić information content (AvgIpc) is 3.58. The molecule has 0 radical (unpaired) electrons. The summed E-state index contributed by atoms with van der Waals surface area (Å²) in [5, 5.41) is 1.01. The van der Waals surface area contributed by atoms with E-state index in [0.717, 1.165) is 60.0 Å². The van der Waals surface area contributed by atoms with Gasteiger partial charge in [0.2, 0.25) is 0 Å². The summed E-state index contributed by atoms with van der Waals surface area (Å²) in [6.45, 7) is 0. The Morgan fingerprint density at radius 1 is 0.356 bits per heavy atom. The minimum Gasteiger partial charge on any atom is -0.236 e. The van der Waals surface area contributed by atoms with E-state index in [0.29, 0.717) is 5.82 Å². The van der Waals surface area contributed by atoms with Crippen LogP contribution in [0, 0.1) is 0 Å². The van der Waals surface area contributed by atoms with Crippen molar-refractivity contribution in [1.82, 2.24) is 15.0 Å². The summed E-state index contributed by atoms with van der Waals surface area (Å²) in [4.78, 5) is 15.4. The van der Waals surface area contributed by atoms with E-state index in [1.165, 1.54) is 11.1 Å².